The molecule has 13 heteroatoms. The van der Waals surface area contributed by atoms with E-state index in [1.54, 1.807) is 0 Å². The lowest BCUT2D eigenvalue weighted by Gasteiger charge is -2.39. The van der Waals surface area contributed by atoms with Crippen LogP contribution in [-0.4, -0.2) is 85.6 Å². The molecule has 0 saturated carbocycles. The van der Waals surface area contributed by atoms with Crippen LogP contribution in [0.3, 0.4) is 0 Å². The SMILES string of the molecule is CC(C)(O)CC(=NOS(=O)(=O)[O-])S[C@@H]1O[C@H](CO)[C@@H](O)[C@H](O)[C@H]1O. The molecule has 0 radical (unpaired) electrons. The Morgan fingerprint density at radius 2 is 1.88 bits per heavy atom. The van der Waals surface area contributed by atoms with Crippen molar-refractivity contribution in [1.82, 2.24) is 0 Å². The van der Waals surface area contributed by atoms with Crippen LogP contribution in [0.5, 0.6) is 0 Å². The Labute approximate surface area is 142 Å². The Morgan fingerprint density at radius 3 is 2.33 bits per heavy atom. The van der Waals surface area contributed by atoms with Gasteiger partial charge in [0.2, 0.25) is 0 Å². The van der Waals surface area contributed by atoms with Gasteiger partial charge in [-0.15, -0.1) is 0 Å². The highest BCUT2D eigenvalue weighted by atomic mass is 32.3. The van der Waals surface area contributed by atoms with Crippen molar-refractivity contribution in [3.05, 3.63) is 0 Å². The van der Waals surface area contributed by atoms with Crippen LogP contribution in [0.1, 0.15) is 20.3 Å². The van der Waals surface area contributed by atoms with Crippen LogP contribution < -0.4 is 0 Å². The summed E-state index contributed by atoms with van der Waals surface area (Å²) in [7, 11) is -5.13. The van der Waals surface area contributed by atoms with Gasteiger partial charge in [-0.1, -0.05) is 16.9 Å². The predicted octanol–water partition coefficient (Wildman–Crippen LogP) is -2.53. The normalized spacial score (nSPS) is 32.7. The first-order valence-electron chi connectivity index (χ1n) is 6.75. The van der Waals surface area contributed by atoms with Gasteiger partial charge >= 0.3 is 0 Å². The zero-order valence-electron chi connectivity index (χ0n) is 12.8. The molecule has 1 saturated heterocycles. The van der Waals surface area contributed by atoms with Crippen molar-refractivity contribution >= 4 is 27.2 Å². The summed E-state index contributed by atoms with van der Waals surface area (Å²) < 4.78 is 40.5. The molecule has 5 atom stereocenters. The molecule has 0 aromatic rings. The summed E-state index contributed by atoms with van der Waals surface area (Å²) in [6, 6.07) is 0. The van der Waals surface area contributed by atoms with Crippen LogP contribution >= 0.6 is 11.8 Å². The molecular weight excluding hydrogens is 370 g/mol. The topological polar surface area (TPSA) is 189 Å². The Kier molecular flexibility index (Phi) is 7.40. The molecule has 0 spiro atoms. The molecule has 1 heterocycles. The van der Waals surface area contributed by atoms with E-state index in [-0.39, 0.29) is 11.5 Å². The van der Waals surface area contributed by atoms with E-state index in [0.29, 0.717) is 11.8 Å². The van der Waals surface area contributed by atoms with Crippen molar-refractivity contribution < 1.29 is 47.5 Å². The molecule has 24 heavy (non-hydrogen) atoms. The first-order valence-corrected chi connectivity index (χ1v) is 8.96. The maximum Gasteiger partial charge on any atom is 0.284 e. The van der Waals surface area contributed by atoms with E-state index >= 15 is 0 Å². The van der Waals surface area contributed by atoms with Gasteiger partial charge in [-0.3, -0.25) is 4.28 Å². The second-order valence-corrected chi connectivity index (χ2v) is 7.91. The Morgan fingerprint density at radius 1 is 1.29 bits per heavy atom. The smallest absolute Gasteiger partial charge is 0.284 e. The molecule has 1 fully saturated rings. The minimum absolute atomic E-state index is 0.216. The first-order chi connectivity index (χ1) is 10.8. The second kappa shape index (κ2) is 8.25. The monoisotopic (exact) mass is 390 g/mol. The molecule has 0 bridgehead atoms. The third kappa shape index (κ3) is 6.78. The van der Waals surface area contributed by atoms with Crippen molar-refractivity contribution in [3.8, 4) is 0 Å². The molecule has 0 aromatic heterocycles. The van der Waals surface area contributed by atoms with Crippen LogP contribution in [-0.2, 0) is 19.4 Å². The number of rotatable bonds is 6. The number of ether oxygens (including phenoxy) is 1. The molecule has 0 unspecified atom stereocenters. The summed E-state index contributed by atoms with van der Waals surface area (Å²) in [4.78, 5) is 0. The summed E-state index contributed by atoms with van der Waals surface area (Å²) in [5, 5.41) is 51.1. The van der Waals surface area contributed by atoms with Gasteiger partial charge in [0.25, 0.3) is 10.4 Å². The molecule has 0 amide bonds. The van der Waals surface area contributed by atoms with E-state index in [1.165, 1.54) is 13.8 Å². The van der Waals surface area contributed by atoms with Gasteiger partial charge in [0.05, 0.1) is 12.2 Å². The fourth-order valence-electron chi connectivity index (χ4n) is 1.85. The van der Waals surface area contributed by atoms with Crippen molar-refractivity contribution in [2.24, 2.45) is 5.16 Å². The minimum Gasteiger partial charge on any atom is -0.714 e. The third-order valence-electron chi connectivity index (χ3n) is 2.91. The highest BCUT2D eigenvalue weighted by Crippen LogP contribution is 2.31. The maximum atomic E-state index is 10.5. The number of oxime groups is 1. The maximum absolute atomic E-state index is 10.5. The lowest BCUT2D eigenvalue weighted by molar-refractivity contribution is -0.205. The van der Waals surface area contributed by atoms with Gasteiger partial charge < -0.3 is 34.8 Å². The number of thioether (sulfide) groups is 1. The molecule has 0 aliphatic carbocycles. The molecule has 1 aliphatic heterocycles. The number of hydrogen-bond acceptors (Lipinski definition) is 12. The summed E-state index contributed by atoms with van der Waals surface area (Å²) in [5.74, 6) is 0. The molecule has 142 valence electrons. The molecule has 11 nitrogen and oxygen atoms in total. The van der Waals surface area contributed by atoms with Crippen molar-refractivity contribution in [3.63, 3.8) is 0 Å². The van der Waals surface area contributed by atoms with E-state index in [9.17, 15) is 33.4 Å². The number of nitrogens with zero attached hydrogens (tertiary/aromatic N) is 1. The lowest BCUT2D eigenvalue weighted by Crippen LogP contribution is -2.57. The zero-order chi connectivity index (χ0) is 18.7. The Bertz CT molecular complexity index is 543. The van der Waals surface area contributed by atoms with Crippen molar-refractivity contribution in [2.45, 2.75) is 55.7 Å². The summed E-state index contributed by atoms with van der Waals surface area (Å²) >= 11 is 0.573. The number of aliphatic hydroxyl groups is 5. The number of aliphatic hydroxyl groups excluding tert-OH is 4. The Balaban J connectivity index is 2.95. The van der Waals surface area contributed by atoms with E-state index in [2.05, 4.69) is 9.44 Å². The Hall–Kier alpha value is -0.510. The predicted molar refractivity (Wildman–Crippen MR) is 80.5 cm³/mol. The summed E-state index contributed by atoms with van der Waals surface area (Å²) in [5.41, 5.74) is -2.63. The van der Waals surface area contributed by atoms with Crippen LogP contribution in [0.4, 0.5) is 0 Å². The van der Waals surface area contributed by atoms with Gasteiger partial charge in [-0.25, -0.2) is 0 Å². The van der Waals surface area contributed by atoms with E-state index in [1.807, 2.05) is 0 Å². The fraction of sp³-hybridized carbons (Fsp3) is 0.909. The standard InChI is InChI=1S/C11H21NO10S2/c1-11(2,17)3-6(12-22-24(18,19)20)23-10-9(16)8(15)7(14)5(4-13)21-10/h5,7-10,13-17H,3-4H2,1-2H3,(H,18,19,20)/p-1/t5-,7-,8+,9-,10+/m1/s1. The quantitative estimate of drug-likeness (QED) is 0.106. The zero-order valence-corrected chi connectivity index (χ0v) is 14.5. The minimum atomic E-state index is -5.13. The molecule has 1 rings (SSSR count). The molecule has 0 aromatic carbocycles. The molecular formula is C11H20NO10S2-. The van der Waals surface area contributed by atoms with E-state index < -0.39 is 52.5 Å². The fourth-order valence-corrected chi connectivity index (χ4v) is 3.36. The summed E-state index contributed by atoms with van der Waals surface area (Å²) in [6.07, 6.45) is -6.24. The molecule has 5 N–H and O–H groups in total. The highest BCUT2D eigenvalue weighted by molar-refractivity contribution is 8.14. The lowest BCUT2D eigenvalue weighted by atomic mass is 10.0. The first kappa shape index (κ1) is 21.5. The number of hydrogen-bond donors (Lipinski definition) is 5. The van der Waals surface area contributed by atoms with Crippen LogP contribution in [0.2, 0.25) is 0 Å². The third-order valence-corrected chi connectivity index (χ3v) is 4.29. The average Bonchev–Trinajstić information content (AvgIpc) is 2.43. The van der Waals surface area contributed by atoms with E-state index in [0.717, 1.165) is 0 Å². The van der Waals surface area contributed by atoms with Crippen LogP contribution in [0.15, 0.2) is 5.16 Å². The highest BCUT2D eigenvalue weighted by Gasteiger charge is 2.44. The van der Waals surface area contributed by atoms with E-state index in [4.69, 9.17) is 9.84 Å². The van der Waals surface area contributed by atoms with Crippen molar-refractivity contribution in [1.29, 1.82) is 0 Å². The van der Waals surface area contributed by atoms with Gasteiger partial charge in [-0.2, -0.15) is 8.42 Å². The van der Waals surface area contributed by atoms with Crippen LogP contribution in [0.25, 0.3) is 0 Å². The molecule has 1 aliphatic rings. The van der Waals surface area contributed by atoms with Gasteiger partial charge in [0.1, 0.15) is 34.9 Å². The summed E-state index contributed by atoms with van der Waals surface area (Å²) in [6.45, 7) is 2.11. The van der Waals surface area contributed by atoms with Crippen molar-refractivity contribution in [2.75, 3.05) is 6.61 Å². The average molecular weight is 390 g/mol. The largest absolute Gasteiger partial charge is 0.714 e. The van der Waals surface area contributed by atoms with Crippen LogP contribution in [0, 0.1) is 0 Å². The van der Waals surface area contributed by atoms with Gasteiger partial charge in [0, 0.05) is 6.42 Å². The van der Waals surface area contributed by atoms with Gasteiger partial charge in [-0.05, 0) is 13.8 Å². The second-order valence-electron chi connectivity index (χ2n) is 5.77. The van der Waals surface area contributed by atoms with Gasteiger partial charge in [0.15, 0.2) is 0 Å².